The van der Waals surface area contributed by atoms with Gasteiger partial charge in [-0.25, -0.2) is 0 Å². The topological polar surface area (TPSA) is 245 Å². The van der Waals surface area contributed by atoms with Crippen molar-refractivity contribution in [1.82, 2.24) is 16.0 Å². The van der Waals surface area contributed by atoms with Gasteiger partial charge in [-0.05, 0) is 19.8 Å². The number of carboxylic acids is 3. The van der Waals surface area contributed by atoms with Gasteiger partial charge in [-0.3, -0.25) is 28.8 Å². The third kappa shape index (κ3) is 10.9. The van der Waals surface area contributed by atoms with Gasteiger partial charge in [0.1, 0.15) is 18.6 Å². The van der Waals surface area contributed by atoms with Crippen LogP contribution in [0.15, 0.2) is 0 Å². The van der Waals surface area contributed by atoms with Crippen LogP contribution in [0.2, 0.25) is 0 Å². The minimum absolute atomic E-state index is 0.234. The second kappa shape index (κ2) is 13.1. The summed E-state index contributed by atoms with van der Waals surface area (Å²) in [6.07, 6.45) is -3.01. The molecule has 0 heterocycles. The Hall–Kier alpha value is -3.26. The molecule has 170 valence electrons. The molecule has 0 aromatic carbocycles. The molecule has 0 aliphatic carbocycles. The molecule has 0 aliphatic heterocycles. The molecule has 0 spiro atoms. The Balaban J connectivity index is 5.23. The lowest BCUT2D eigenvalue weighted by molar-refractivity contribution is -0.140. The molecule has 0 rings (SSSR count). The van der Waals surface area contributed by atoms with Crippen molar-refractivity contribution in [3.05, 3.63) is 0 Å². The number of aliphatic hydroxyl groups excluding tert-OH is 1. The van der Waals surface area contributed by atoms with Crippen LogP contribution in [-0.2, 0) is 28.8 Å². The molecule has 3 amide bonds. The fourth-order valence-corrected chi connectivity index (χ4v) is 2.16. The van der Waals surface area contributed by atoms with Gasteiger partial charge in [-0.15, -0.1) is 0 Å². The highest BCUT2D eigenvalue weighted by Crippen LogP contribution is 2.03. The van der Waals surface area contributed by atoms with Gasteiger partial charge in [0.15, 0.2) is 0 Å². The maximum Gasteiger partial charge on any atom is 0.322 e. The van der Waals surface area contributed by atoms with Gasteiger partial charge in [0.05, 0.1) is 12.1 Å². The third-order valence-corrected chi connectivity index (χ3v) is 3.76. The maximum absolute atomic E-state index is 12.5. The Morgan fingerprint density at radius 3 is 1.80 bits per heavy atom. The maximum atomic E-state index is 12.5. The van der Waals surface area contributed by atoms with Crippen LogP contribution in [-0.4, -0.2) is 86.8 Å². The molecule has 4 atom stereocenters. The summed E-state index contributed by atoms with van der Waals surface area (Å²) in [5.74, 6) is -6.77. The van der Waals surface area contributed by atoms with E-state index in [0.717, 1.165) is 6.92 Å². The van der Waals surface area contributed by atoms with Crippen molar-refractivity contribution >= 4 is 35.6 Å². The highest BCUT2D eigenvalue weighted by molar-refractivity contribution is 5.94. The van der Waals surface area contributed by atoms with Crippen LogP contribution < -0.4 is 21.7 Å². The SMILES string of the molecule is CC(O)C(NC(=O)C(CCC(=O)O)NC(=O)C(N)CCC(=O)O)C(=O)NCC(=O)O. The predicted octanol–water partition coefficient (Wildman–Crippen LogP) is -3.41. The molecular formula is C16H26N4O10. The number of hydrogen-bond donors (Lipinski definition) is 8. The summed E-state index contributed by atoms with van der Waals surface area (Å²) in [6, 6.07) is -4.33. The van der Waals surface area contributed by atoms with Crippen LogP contribution in [0, 0.1) is 0 Å². The summed E-state index contributed by atoms with van der Waals surface area (Å²) < 4.78 is 0. The first-order chi connectivity index (χ1) is 13.8. The monoisotopic (exact) mass is 434 g/mol. The number of carbonyl (C=O) groups is 6. The number of aliphatic hydroxyl groups is 1. The molecule has 9 N–H and O–H groups in total. The molecule has 0 saturated heterocycles. The molecule has 0 aliphatic rings. The van der Waals surface area contributed by atoms with Crippen LogP contribution in [0.1, 0.15) is 32.6 Å². The zero-order valence-electron chi connectivity index (χ0n) is 16.2. The number of nitrogens with two attached hydrogens (primary N) is 1. The van der Waals surface area contributed by atoms with E-state index in [1.807, 2.05) is 5.32 Å². The van der Waals surface area contributed by atoms with E-state index in [4.69, 9.17) is 21.1 Å². The summed E-state index contributed by atoms with van der Waals surface area (Å²) in [4.78, 5) is 68.5. The van der Waals surface area contributed by atoms with Gasteiger partial charge in [0, 0.05) is 12.8 Å². The van der Waals surface area contributed by atoms with E-state index < -0.39 is 79.2 Å². The Kier molecular flexibility index (Phi) is 11.6. The van der Waals surface area contributed by atoms with Gasteiger partial charge in [-0.2, -0.15) is 0 Å². The summed E-state index contributed by atoms with van der Waals surface area (Å²) >= 11 is 0. The number of aliphatic carboxylic acids is 3. The van der Waals surface area contributed by atoms with E-state index in [0.29, 0.717) is 0 Å². The second-order valence-corrected chi connectivity index (χ2v) is 6.37. The van der Waals surface area contributed by atoms with Crippen LogP contribution in [0.5, 0.6) is 0 Å². The van der Waals surface area contributed by atoms with Crippen LogP contribution in [0.25, 0.3) is 0 Å². The van der Waals surface area contributed by atoms with E-state index in [1.165, 1.54) is 0 Å². The van der Waals surface area contributed by atoms with Crippen LogP contribution in [0.4, 0.5) is 0 Å². The largest absolute Gasteiger partial charge is 0.481 e. The first kappa shape index (κ1) is 26.7. The van der Waals surface area contributed by atoms with Crippen molar-refractivity contribution in [3.63, 3.8) is 0 Å². The lowest BCUT2D eigenvalue weighted by Gasteiger charge is -2.25. The van der Waals surface area contributed by atoms with E-state index in [1.54, 1.807) is 0 Å². The highest BCUT2D eigenvalue weighted by Gasteiger charge is 2.31. The Morgan fingerprint density at radius 1 is 0.800 bits per heavy atom. The van der Waals surface area contributed by atoms with Gasteiger partial charge < -0.3 is 42.1 Å². The molecule has 30 heavy (non-hydrogen) atoms. The van der Waals surface area contributed by atoms with Gasteiger partial charge in [0.25, 0.3) is 0 Å². The van der Waals surface area contributed by atoms with E-state index in [-0.39, 0.29) is 12.8 Å². The smallest absolute Gasteiger partial charge is 0.322 e. The molecule has 0 radical (unpaired) electrons. The number of amides is 3. The minimum Gasteiger partial charge on any atom is -0.481 e. The van der Waals surface area contributed by atoms with E-state index >= 15 is 0 Å². The summed E-state index contributed by atoms with van der Waals surface area (Å²) in [7, 11) is 0. The average Bonchev–Trinajstić information content (AvgIpc) is 2.64. The molecule has 14 nitrogen and oxygen atoms in total. The zero-order valence-corrected chi connectivity index (χ0v) is 16.2. The van der Waals surface area contributed by atoms with Crippen molar-refractivity contribution in [1.29, 1.82) is 0 Å². The van der Waals surface area contributed by atoms with Gasteiger partial charge in [-0.1, -0.05) is 0 Å². The lowest BCUT2D eigenvalue weighted by atomic mass is 10.1. The summed E-state index contributed by atoms with van der Waals surface area (Å²) in [5.41, 5.74) is 5.55. The quantitative estimate of drug-likeness (QED) is 0.134. The fraction of sp³-hybridized carbons (Fsp3) is 0.625. The molecule has 0 fully saturated rings. The Bertz CT molecular complexity index is 666. The Morgan fingerprint density at radius 2 is 1.33 bits per heavy atom. The summed E-state index contributed by atoms with van der Waals surface area (Å²) in [5, 5.41) is 42.0. The third-order valence-electron chi connectivity index (χ3n) is 3.76. The molecule has 0 aromatic heterocycles. The van der Waals surface area contributed by atoms with Crippen molar-refractivity contribution in [2.24, 2.45) is 5.73 Å². The number of rotatable bonds is 14. The lowest BCUT2D eigenvalue weighted by Crippen LogP contribution is -2.58. The normalized spacial score (nSPS) is 14.5. The minimum atomic E-state index is -1.58. The molecule has 0 aromatic rings. The van der Waals surface area contributed by atoms with Gasteiger partial charge >= 0.3 is 17.9 Å². The molecule has 0 bridgehead atoms. The van der Waals surface area contributed by atoms with Crippen molar-refractivity contribution in [3.8, 4) is 0 Å². The molecule has 4 unspecified atom stereocenters. The first-order valence-electron chi connectivity index (χ1n) is 8.82. The highest BCUT2D eigenvalue weighted by atomic mass is 16.4. The van der Waals surface area contributed by atoms with Crippen LogP contribution >= 0.6 is 0 Å². The first-order valence-corrected chi connectivity index (χ1v) is 8.82. The standard InChI is InChI=1S/C16H26N4O10/c1-7(21)13(16(30)18-6-12(26)27)20-15(29)9(3-5-11(24)25)19-14(28)8(17)2-4-10(22)23/h7-9,13,21H,2-6,17H2,1H3,(H,18,30)(H,19,28)(H,20,29)(H,22,23)(H,24,25)(H,26,27). The van der Waals surface area contributed by atoms with Crippen molar-refractivity contribution < 1.29 is 49.2 Å². The average molecular weight is 434 g/mol. The fourth-order valence-electron chi connectivity index (χ4n) is 2.16. The van der Waals surface area contributed by atoms with Gasteiger partial charge in [0.2, 0.25) is 17.7 Å². The predicted molar refractivity (Wildman–Crippen MR) is 97.9 cm³/mol. The number of nitrogens with one attached hydrogen (secondary N) is 3. The Labute approximate surface area is 170 Å². The molecule has 0 saturated carbocycles. The molecular weight excluding hydrogens is 408 g/mol. The number of carboxylic acid groups (broad SMARTS) is 3. The zero-order chi connectivity index (χ0) is 23.4. The second-order valence-electron chi connectivity index (χ2n) is 6.37. The number of carbonyl (C=O) groups excluding carboxylic acids is 3. The number of hydrogen-bond acceptors (Lipinski definition) is 8. The molecule has 14 heteroatoms. The van der Waals surface area contributed by atoms with E-state index in [2.05, 4.69) is 10.6 Å². The van der Waals surface area contributed by atoms with Crippen LogP contribution in [0.3, 0.4) is 0 Å². The van der Waals surface area contributed by atoms with E-state index in [9.17, 15) is 33.9 Å². The van der Waals surface area contributed by atoms with Crippen molar-refractivity contribution in [2.75, 3.05) is 6.54 Å². The summed E-state index contributed by atoms with van der Waals surface area (Å²) in [6.45, 7) is 0.382. The van der Waals surface area contributed by atoms with Crippen molar-refractivity contribution in [2.45, 2.75) is 56.8 Å².